The first kappa shape index (κ1) is 20.6. The van der Waals surface area contributed by atoms with Crippen molar-refractivity contribution in [2.45, 2.75) is 50.5 Å². The highest BCUT2D eigenvalue weighted by Crippen LogP contribution is 2.36. The first-order chi connectivity index (χ1) is 13.2. The second kappa shape index (κ2) is 8.06. The van der Waals surface area contributed by atoms with Crippen LogP contribution in [0.25, 0.3) is 0 Å². The molecule has 2 heterocycles. The normalized spacial score (nSPS) is 27.6. The lowest BCUT2D eigenvalue weighted by Crippen LogP contribution is -2.47. The van der Waals surface area contributed by atoms with Crippen LogP contribution in [0.1, 0.15) is 37.0 Å². The van der Waals surface area contributed by atoms with E-state index in [0.717, 1.165) is 19.5 Å². The molecule has 8 nitrogen and oxygen atoms in total. The van der Waals surface area contributed by atoms with Gasteiger partial charge in [0, 0.05) is 12.5 Å². The summed E-state index contributed by atoms with van der Waals surface area (Å²) in [5, 5.41) is 29.4. The number of ether oxygens (including phenoxy) is 2. The first-order valence-electron chi connectivity index (χ1n) is 9.52. The molecule has 28 heavy (non-hydrogen) atoms. The van der Waals surface area contributed by atoms with Crippen molar-refractivity contribution in [2.75, 3.05) is 19.7 Å². The quantitative estimate of drug-likeness (QED) is 0.605. The van der Waals surface area contributed by atoms with Crippen LogP contribution in [0.5, 0.6) is 5.75 Å². The summed E-state index contributed by atoms with van der Waals surface area (Å²) < 4.78 is 10.9. The number of benzene rings is 1. The van der Waals surface area contributed by atoms with Crippen molar-refractivity contribution in [3.05, 3.63) is 29.8 Å². The van der Waals surface area contributed by atoms with Crippen LogP contribution in [-0.4, -0.2) is 75.7 Å². The van der Waals surface area contributed by atoms with Gasteiger partial charge in [-0.25, -0.2) is 9.59 Å². The molecule has 0 bridgehead atoms. The fraction of sp³-hybridized carbons (Fsp3) is 0.600. The summed E-state index contributed by atoms with van der Waals surface area (Å²) in [6.45, 7) is 4.20. The minimum absolute atomic E-state index is 0.0431. The Labute approximate surface area is 163 Å². The third-order valence-corrected chi connectivity index (χ3v) is 5.81. The number of carbonyl (C=O) groups is 2. The Balaban J connectivity index is 1.62. The predicted molar refractivity (Wildman–Crippen MR) is 98.7 cm³/mol. The molecule has 0 saturated carbocycles. The Kier molecular flexibility index (Phi) is 5.92. The van der Waals surface area contributed by atoms with E-state index in [1.807, 2.05) is 0 Å². The number of fused-ring (bicyclic) bond motifs is 1. The molecule has 154 valence electrons. The number of nitrogens with zero attached hydrogens (tertiary/aromatic N) is 1. The first-order valence-corrected chi connectivity index (χ1v) is 9.52. The fourth-order valence-corrected chi connectivity index (χ4v) is 3.87. The summed E-state index contributed by atoms with van der Waals surface area (Å²) in [4.78, 5) is 26.7. The minimum Gasteiger partial charge on any atom is -0.507 e. The Morgan fingerprint density at radius 2 is 1.96 bits per heavy atom. The van der Waals surface area contributed by atoms with Gasteiger partial charge >= 0.3 is 11.9 Å². The van der Waals surface area contributed by atoms with E-state index in [4.69, 9.17) is 9.47 Å². The average molecular weight is 393 g/mol. The van der Waals surface area contributed by atoms with Crippen LogP contribution in [0, 0.1) is 5.92 Å². The highest BCUT2D eigenvalue weighted by Gasteiger charge is 2.47. The molecular formula is C20H27NO7. The van der Waals surface area contributed by atoms with Crippen LogP contribution in [0.4, 0.5) is 0 Å². The summed E-state index contributed by atoms with van der Waals surface area (Å²) in [5.41, 5.74) is -1.85. The number of para-hydroxylation sites is 1. The number of aliphatic hydroxyl groups is 2. The van der Waals surface area contributed by atoms with Gasteiger partial charge in [-0.1, -0.05) is 12.1 Å². The number of carbonyl (C=O) groups excluding carboxylic acids is 2. The smallest absolute Gasteiger partial charge is 0.342 e. The van der Waals surface area contributed by atoms with Crippen LogP contribution >= 0.6 is 0 Å². The summed E-state index contributed by atoms with van der Waals surface area (Å²) in [6.07, 6.45) is -0.173. The Morgan fingerprint density at radius 3 is 2.64 bits per heavy atom. The number of phenolic OH excluding ortho intramolecular Hbond substituents is 1. The van der Waals surface area contributed by atoms with E-state index in [2.05, 4.69) is 4.90 Å². The Hall–Kier alpha value is -2.16. The lowest BCUT2D eigenvalue weighted by Gasteiger charge is -2.28. The van der Waals surface area contributed by atoms with E-state index < -0.39 is 23.6 Å². The van der Waals surface area contributed by atoms with Crippen LogP contribution in [-0.2, 0) is 14.3 Å². The molecule has 5 atom stereocenters. The molecule has 0 radical (unpaired) electrons. The Morgan fingerprint density at radius 1 is 1.29 bits per heavy atom. The molecule has 2 aliphatic heterocycles. The van der Waals surface area contributed by atoms with Crippen molar-refractivity contribution in [3.8, 4) is 5.75 Å². The zero-order valence-corrected chi connectivity index (χ0v) is 16.1. The maximum absolute atomic E-state index is 12.4. The van der Waals surface area contributed by atoms with Crippen LogP contribution in [0.2, 0.25) is 0 Å². The highest BCUT2D eigenvalue weighted by molar-refractivity contribution is 5.92. The van der Waals surface area contributed by atoms with Gasteiger partial charge < -0.3 is 24.8 Å². The van der Waals surface area contributed by atoms with E-state index >= 15 is 0 Å². The lowest BCUT2D eigenvalue weighted by atomic mass is 9.96. The molecule has 0 aromatic heterocycles. The molecule has 8 heteroatoms. The highest BCUT2D eigenvalue weighted by atomic mass is 16.6. The van der Waals surface area contributed by atoms with E-state index in [1.54, 1.807) is 12.1 Å². The summed E-state index contributed by atoms with van der Waals surface area (Å²) in [6, 6.07) is 6.15. The maximum atomic E-state index is 12.4. The molecule has 3 N–H and O–H groups in total. The van der Waals surface area contributed by atoms with E-state index in [1.165, 1.54) is 26.0 Å². The number of aromatic hydroxyl groups is 1. The van der Waals surface area contributed by atoms with Crippen LogP contribution < -0.4 is 0 Å². The summed E-state index contributed by atoms with van der Waals surface area (Å²) >= 11 is 0. The van der Waals surface area contributed by atoms with Crippen molar-refractivity contribution in [1.29, 1.82) is 0 Å². The lowest BCUT2D eigenvalue weighted by molar-refractivity contribution is -0.175. The number of phenols is 1. The molecule has 2 saturated heterocycles. The second-order valence-corrected chi connectivity index (χ2v) is 7.75. The van der Waals surface area contributed by atoms with Crippen molar-refractivity contribution < 1.29 is 34.4 Å². The topological polar surface area (TPSA) is 117 Å². The summed E-state index contributed by atoms with van der Waals surface area (Å²) in [7, 11) is 0. The second-order valence-electron chi connectivity index (χ2n) is 7.75. The predicted octanol–water partition coefficient (Wildman–Crippen LogP) is 0.687. The molecule has 2 fully saturated rings. The number of rotatable bonds is 6. The zero-order valence-electron chi connectivity index (χ0n) is 16.1. The number of hydrogen-bond donors (Lipinski definition) is 3. The van der Waals surface area contributed by atoms with Crippen LogP contribution in [0.15, 0.2) is 24.3 Å². The molecule has 1 aromatic carbocycles. The molecular weight excluding hydrogens is 366 g/mol. The standard InChI is InChI=1S/C20H27NO7/c1-12(22)20(2,26)19(25)27-11-13-7-9-21-10-8-16(17(13)21)28-18(24)14-5-3-4-6-15(14)23/h3-6,12-13,16-17,22-23,26H,7-11H2,1-2H3. The van der Waals surface area contributed by atoms with Gasteiger partial charge in [0.05, 0.1) is 18.8 Å². The molecule has 0 spiro atoms. The number of hydrogen-bond acceptors (Lipinski definition) is 8. The van der Waals surface area contributed by atoms with Gasteiger partial charge in [0.2, 0.25) is 0 Å². The van der Waals surface area contributed by atoms with Gasteiger partial charge in [-0.2, -0.15) is 0 Å². The van der Waals surface area contributed by atoms with Crippen molar-refractivity contribution >= 4 is 11.9 Å². The fourth-order valence-electron chi connectivity index (χ4n) is 3.87. The van der Waals surface area contributed by atoms with Gasteiger partial charge in [0.1, 0.15) is 17.4 Å². The SMILES string of the molecule is CC(O)C(C)(O)C(=O)OCC1CCN2CCC(OC(=O)c3ccccc3O)C12. The van der Waals surface area contributed by atoms with Crippen molar-refractivity contribution in [2.24, 2.45) is 5.92 Å². The zero-order chi connectivity index (χ0) is 20.5. The van der Waals surface area contributed by atoms with E-state index in [0.29, 0.717) is 6.42 Å². The monoisotopic (exact) mass is 393 g/mol. The molecule has 3 rings (SSSR count). The molecule has 0 aliphatic carbocycles. The molecule has 0 amide bonds. The average Bonchev–Trinajstić information content (AvgIpc) is 3.23. The van der Waals surface area contributed by atoms with Gasteiger partial charge in [0.25, 0.3) is 0 Å². The third-order valence-electron chi connectivity index (χ3n) is 5.81. The molecule has 1 aromatic rings. The maximum Gasteiger partial charge on any atom is 0.342 e. The van der Waals surface area contributed by atoms with Crippen LogP contribution in [0.3, 0.4) is 0 Å². The van der Waals surface area contributed by atoms with Gasteiger partial charge in [-0.05, 0) is 45.4 Å². The number of esters is 2. The summed E-state index contributed by atoms with van der Waals surface area (Å²) in [5.74, 6) is -1.62. The largest absolute Gasteiger partial charge is 0.507 e. The van der Waals surface area contributed by atoms with Crippen molar-refractivity contribution in [1.82, 2.24) is 4.90 Å². The van der Waals surface area contributed by atoms with Gasteiger partial charge in [-0.15, -0.1) is 0 Å². The number of aliphatic hydroxyl groups excluding tert-OH is 1. The van der Waals surface area contributed by atoms with E-state index in [-0.39, 0.29) is 36.0 Å². The van der Waals surface area contributed by atoms with Gasteiger partial charge in [0.15, 0.2) is 5.60 Å². The van der Waals surface area contributed by atoms with Gasteiger partial charge in [-0.3, -0.25) is 4.90 Å². The minimum atomic E-state index is -1.97. The molecule has 5 unspecified atom stereocenters. The molecule has 2 aliphatic rings. The van der Waals surface area contributed by atoms with Crippen molar-refractivity contribution in [3.63, 3.8) is 0 Å². The third kappa shape index (κ3) is 3.99. The van der Waals surface area contributed by atoms with E-state index in [9.17, 15) is 24.9 Å². The Bertz CT molecular complexity index is 733.